The lowest BCUT2D eigenvalue weighted by Gasteiger charge is -2.17. The number of thiazole rings is 1. The standard InChI is InChI=1S/C17H24N2OS/c1-5-18-16(11-17-19-12(3)13(4)21-17)14-7-9-15(10-8-14)20-6-2/h7-10,16,18H,5-6,11H2,1-4H3. The van der Waals surface area contributed by atoms with E-state index in [1.165, 1.54) is 15.4 Å². The lowest BCUT2D eigenvalue weighted by molar-refractivity contribution is 0.340. The van der Waals surface area contributed by atoms with E-state index in [2.05, 4.69) is 43.2 Å². The van der Waals surface area contributed by atoms with Crippen molar-refractivity contribution < 1.29 is 4.74 Å². The second kappa shape index (κ2) is 7.57. The number of nitrogens with one attached hydrogen (secondary N) is 1. The second-order valence-corrected chi connectivity index (χ2v) is 6.35. The summed E-state index contributed by atoms with van der Waals surface area (Å²) in [5.74, 6) is 0.928. The number of likely N-dealkylation sites (N-methyl/N-ethyl adjacent to an activating group) is 1. The molecule has 0 radical (unpaired) electrons. The molecular formula is C17H24N2OS. The van der Waals surface area contributed by atoms with Crippen molar-refractivity contribution in [2.45, 2.75) is 40.2 Å². The molecule has 0 aliphatic heterocycles. The molecule has 0 saturated carbocycles. The third-order valence-corrected chi connectivity index (χ3v) is 4.59. The first-order valence-corrected chi connectivity index (χ1v) is 8.34. The first-order valence-electron chi connectivity index (χ1n) is 7.53. The predicted octanol–water partition coefficient (Wildman–Crippen LogP) is 4.05. The van der Waals surface area contributed by atoms with Crippen molar-refractivity contribution >= 4 is 11.3 Å². The molecule has 0 amide bonds. The van der Waals surface area contributed by atoms with E-state index in [1.807, 2.05) is 19.1 Å². The molecule has 1 N–H and O–H groups in total. The molecule has 1 heterocycles. The van der Waals surface area contributed by atoms with E-state index in [9.17, 15) is 0 Å². The van der Waals surface area contributed by atoms with Crippen LogP contribution < -0.4 is 10.1 Å². The summed E-state index contributed by atoms with van der Waals surface area (Å²) in [5, 5.41) is 4.75. The van der Waals surface area contributed by atoms with Gasteiger partial charge in [0, 0.05) is 17.3 Å². The number of hydrogen-bond donors (Lipinski definition) is 1. The summed E-state index contributed by atoms with van der Waals surface area (Å²) in [6.45, 7) is 10.0. The number of aryl methyl sites for hydroxylation is 2. The van der Waals surface area contributed by atoms with Gasteiger partial charge < -0.3 is 10.1 Å². The van der Waals surface area contributed by atoms with Crippen LogP contribution in [0.25, 0.3) is 0 Å². The Balaban J connectivity index is 2.13. The summed E-state index contributed by atoms with van der Waals surface area (Å²) in [7, 11) is 0. The number of rotatable bonds is 7. The fourth-order valence-corrected chi connectivity index (χ4v) is 3.30. The normalized spacial score (nSPS) is 12.4. The molecule has 0 saturated heterocycles. The number of benzene rings is 1. The highest BCUT2D eigenvalue weighted by Crippen LogP contribution is 2.25. The minimum atomic E-state index is 0.302. The van der Waals surface area contributed by atoms with E-state index >= 15 is 0 Å². The van der Waals surface area contributed by atoms with Gasteiger partial charge in [0.15, 0.2) is 0 Å². The maximum Gasteiger partial charge on any atom is 0.119 e. The topological polar surface area (TPSA) is 34.2 Å². The SMILES string of the molecule is CCNC(Cc1nc(C)c(C)s1)c1ccc(OCC)cc1. The molecule has 21 heavy (non-hydrogen) atoms. The van der Waals surface area contributed by atoms with Crippen LogP contribution >= 0.6 is 11.3 Å². The van der Waals surface area contributed by atoms with Gasteiger partial charge in [-0.15, -0.1) is 11.3 Å². The van der Waals surface area contributed by atoms with Crippen molar-refractivity contribution in [3.05, 3.63) is 45.4 Å². The molecule has 1 unspecified atom stereocenters. The van der Waals surface area contributed by atoms with Crippen LogP contribution in [0.4, 0.5) is 0 Å². The molecule has 4 heteroatoms. The summed E-state index contributed by atoms with van der Waals surface area (Å²) < 4.78 is 5.51. The van der Waals surface area contributed by atoms with Gasteiger partial charge in [-0.2, -0.15) is 0 Å². The summed E-state index contributed by atoms with van der Waals surface area (Å²) in [6.07, 6.45) is 0.932. The Labute approximate surface area is 131 Å². The Bertz CT molecular complexity index is 543. The van der Waals surface area contributed by atoms with Gasteiger partial charge in [0.1, 0.15) is 5.75 Å². The van der Waals surface area contributed by atoms with Gasteiger partial charge in [-0.05, 0) is 45.0 Å². The summed E-state index contributed by atoms with van der Waals surface area (Å²) >= 11 is 1.80. The van der Waals surface area contributed by atoms with Crippen LogP contribution in [0.15, 0.2) is 24.3 Å². The van der Waals surface area contributed by atoms with Crippen molar-refractivity contribution in [3.8, 4) is 5.75 Å². The van der Waals surface area contributed by atoms with E-state index < -0.39 is 0 Å². The smallest absolute Gasteiger partial charge is 0.119 e. The van der Waals surface area contributed by atoms with Crippen molar-refractivity contribution in [2.75, 3.05) is 13.2 Å². The molecule has 1 atom stereocenters. The molecule has 0 aliphatic rings. The molecule has 1 aromatic carbocycles. The number of aromatic nitrogens is 1. The molecular weight excluding hydrogens is 280 g/mol. The average Bonchev–Trinajstić information content (AvgIpc) is 2.78. The summed E-state index contributed by atoms with van der Waals surface area (Å²) in [4.78, 5) is 5.97. The number of ether oxygens (including phenoxy) is 1. The first-order chi connectivity index (χ1) is 10.1. The Kier molecular flexibility index (Phi) is 5.76. The zero-order valence-electron chi connectivity index (χ0n) is 13.3. The van der Waals surface area contributed by atoms with Crippen molar-refractivity contribution in [1.29, 1.82) is 0 Å². The molecule has 0 aliphatic carbocycles. The Hall–Kier alpha value is -1.39. The summed E-state index contributed by atoms with van der Waals surface area (Å²) in [5.41, 5.74) is 2.43. The monoisotopic (exact) mass is 304 g/mol. The number of hydrogen-bond acceptors (Lipinski definition) is 4. The highest BCUT2D eigenvalue weighted by atomic mass is 32.1. The molecule has 0 spiro atoms. The zero-order valence-corrected chi connectivity index (χ0v) is 14.1. The Morgan fingerprint density at radius 2 is 1.90 bits per heavy atom. The fourth-order valence-electron chi connectivity index (χ4n) is 2.32. The lowest BCUT2D eigenvalue weighted by atomic mass is 10.0. The van der Waals surface area contributed by atoms with E-state index in [1.54, 1.807) is 11.3 Å². The predicted molar refractivity (Wildman–Crippen MR) is 89.3 cm³/mol. The number of nitrogens with zero attached hydrogens (tertiary/aromatic N) is 1. The van der Waals surface area contributed by atoms with Gasteiger partial charge >= 0.3 is 0 Å². The van der Waals surface area contributed by atoms with Crippen LogP contribution in [0.2, 0.25) is 0 Å². The average molecular weight is 304 g/mol. The zero-order chi connectivity index (χ0) is 15.2. The first kappa shape index (κ1) is 16.0. The van der Waals surface area contributed by atoms with E-state index in [0.29, 0.717) is 12.6 Å². The highest BCUT2D eigenvalue weighted by molar-refractivity contribution is 7.11. The molecule has 0 bridgehead atoms. The quantitative estimate of drug-likeness (QED) is 0.838. The Morgan fingerprint density at radius 3 is 2.43 bits per heavy atom. The van der Waals surface area contributed by atoms with Gasteiger partial charge in [0.25, 0.3) is 0 Å². The van der Waals surface area contributed by atoms with Gasteiger partial charge in [0.05, 0.1) is 17.3 Å². The van der Waals surface area contributed by atoms with Crippen LogP contribution in [0.5, 0.6) is 5.75 Å². The van der Waals surface area contributed by atoms with Crippen molar-refractivity contribution in [1.82, 2.24) is 10.3 Å². The van der Waals surface area contributed by atoms with Crippen LogP contribution in [-0.4, -0.2) is 18.1 Å². The maximum absolute atomic E-state index is 5.51. The van der Waals surface area contributed by atoms with Crippen molar-refractivity contribution in [3.63, 3.8) is 0 Å². The van der Waals surface area contributed by atoms with Gasteiger partial charge in [-0.1, -0.05) is 19.1 Å². The van der Waals surface area contributed by atoms with Crippen LogP contribution in [0.1, 0.15) is 41.0 Å². The third kappa shape index (κ3) is 4.29. The van der Waals surface area contributed by atoms with E-state index in [0.717, 1.165) is 24.4 Å². The molecule has 0 fully saturated rings. The maximum atomic E-state index is 5.51. The van der Waals surface area contributed by atoms with E-state index in [4.69, 9.17) is 4.74 Å². The molecule has 2 aromatic rings. The van der Waals surface area contributed by atoms with Crippen LogP contribution in [0.3, 0.4) is 0 Å². The molecule has 3 nitrogen and oxygen atoms in total. The highest BCUT2D eigenvalue weighted by Gasteiger charge is 2.14. The molecule has 2 rings (SSSR count). The largest absolute Gasteiger partial charge is 0.494 e. The molecule has 1 aromatic heterocycles. The third-order valence-electron chi connectivity index (χ3n) is 3.50. The summed E-state index contributed by atoms with van der Waals surface area (Å²) in [6, 6.07) is 8.68. The van der Waals surface area contributed by atoms with Gasteiger partial charge in [0.2, 0.25) is 0 Å². The minimum Gasteiger partial charge on any atom is -0.494 e. The fraction of sp³-hybridized carbons (Fsp3) is 0.471. The van der Waals surface area contributed by atoms with Gasteiger partial charge in [-0.3, -0.25) is 0 Å². The minimum absolute atomic E-state index is 0.302. The van der Waals surface area contributed by atoms with E-state index in [-0.39, 0.29) is 0 Å². The van der Waals surface area contributed by atoms with Crippen molar-refractivity contribution in [2.24, 2.45) is 0 Å². The second-order valence-electron chi connectivity index (χ2n) is 5.07. The van der Waals surface area contributed by atoms with Gasteiger partial charge in [-0.25, -0.2) is 4.98 Å². The molecule has 114 valence electrons. The van der Waals surface area contributed by atoms with Crippen LogP contribution in [0, 0.1) is 13.8 Å². The lowest BCUT2D eigenvalue weighted by Crippen LogP contribution is -2.22. The van der Waals surface area contributed by atoms with Crippen LogP contribution in [-0.2, 0) is 6.42 Å². The Morgan fingerprint density at radius 1 is 1.19 bits per heavy atom.